The number of rotatable bonds is 4. The number of aryl methyl sites for hydroxylation is 2. The van der Waals surface area contributed by atoms with Crippen LogP contribution in [0.15, 0.2) is 53.8 Å². The molecule has 0 radical (unpaired) electrons. The first-order valence-corrected chi connectivity index (χ1v) is 10.1. The van der Waals surface area contributed by atoms with E-state index in [0.29, 0.717) is 39.3 Å². The van der Waals surface area contributed by atoms with Crippen LogP contribution in [0.25, 0.3) is 0 Å². The number of benzene rings is 1. The van der Waals surface area contributed by atoms with Gasteiger partial charge in [-0.05, 0) is 62.0 Å². The molecule has 0 aliphatic carbocycles. The van der Waals surface area contributed by atoms with Gasteiger partial charge in [-0.3, -0.25) is 10.3 Å². The Balaban J connectivity index is 1.78. The molecule has 10 heteroatoms. The van der Waals surface area contributed by atoms with Crippen molar-refractivity contribution in [3.63, 3.8) is 0 Å². The summed E-state index contributed by atoms with van der Waals surface area (Å²) in [5.74, 6) is 0.795. The highest BCUT2D eigenvalue weighted by atomic mass is 35.5. The molecule has 1 aromatic carbocycles. The molecular weight excluding hydrogens is 441 g/mol. The molecule has 7 nitrogen and oxygen atoms in total. The van der Waals surface area contributed by atoms with Gasteiger partial charge in [-0.2, -0.15) is 0 Å². The van der Waals surface area contributed by atoms with Crippen molar-refractivity contribution in [1.82, 2.24) is 20.3 Å². The average molecular weight is 460 g/mol. The lowest BCUT2D eigenvalue weighted by Gasteiger charge is -2.15. The summed E-state index contributed by atoms with van der Waals surface area (Å²) in [5.41, 5.74) is 3.24. The maximum Gasteiger partial charge on any atom is 0.229 e. The highest BCUT2D eigenvalue weighted by molar-refractivity contribution is 7.80. The minimum atomic E-state index is 0.293. The summed E-state index contributed by atoms with van der Waals surface area (Å²) in [7, 11) is 0. The SMILES string of the molecule is Cc1cc(C)nc(NC(=NCc2cccnc2)NC(=S)Nc2ccc(Cl)cc2Cl)n1. The number of hydrogen-bond acceptors (Lipinski definition) is 5. The summed E-state index contributed by atoms with van der Waals surface area (Å²) in [6.45, 7) is 4.18. The summed E-state index contributed by atoms with van der Waals surface area (Å²) >= 11 is 17.6. The van der Waals surface area contributed by atoms with Crippen LogP contribution in [0.4, 0.5) is 11.6 Å². The molecule has 0 spiro atoms. The van der Waals surface area contributed by atoms with Crippen molar-refractivity contribution in [1.29, 1.82) is 0 Å². The molecule has 0 aliphatic heterocycles. The molecule has 0 saturated heterocycles. The molecule has 0 unspecified atom stereocenters. The summed E-state index contributed by atoms with van der Waals surface area (Å²) in [4.78, 5) is 17.4. The average Bonchev–Trinajstić information content (AvgIpc) is 2.68. The molecule has 2 heterocycles. The van der Waals surface area contributed by atoms with E-state index in [9.17, 15) is 0 Å². The first-order valence-electron chi connectivity index (χ1n) is 8.95. The second-order valence-corrected chi connectivity index (χ2v) is 7.58. The number of aromatic nitrogens is 3. The Morgan fingerprint density at radius 2 is 1.83 bits per heavy atom. The number of nitrogens with zero attached hydrogens (tertiary/aromatic N) is 4. The van der Waals surface area contributed by atoms with E-state index >= 15 is 0 Å². The molecule has 3 N–H and O–H groups in total. The second kappa shape index (κ2) is 10.3. The zero-order valence-corrected chi connectivity index (χ0v) is 18.6. The topological polar surface area (TPSA) is 87.1 Å². The fourth-order valence-corrected chi connectivity index (χ4v) is 3.17. The highest BCUT2D eigenvalue weighted by Gasteiger charge is 2.09. The van der Waals surface area contributed by atoms with E-state index in [2.05, 4.69) is 35.9 Å². The number of aliphatic imine (C=N–C) groups is 1. The monoisotopic (exact) mass is 459 g/mol. The predicted molar refractivity (Wildman–Crippen MR) is 126 cm³/mol. The number of anilines is 2. The lowest BCUT2D eigenvalue weighted by Crippen LogP contribution is -2.39. The van der Waals surface area contributed by atoms with E-state index in [1.807, 2.05) is 32.0 Å². The van der Waals surface area contributed by atoms with E-state index in [-0.39, 0.29) is 0 Å². The standard InChI is InChI=1S/C20H19Cl2N7S/c1-12-8-13(2)26-19(25-12)28-18(24-11-14-4-3-7-23-10-14)29-20(30)27-17-6-5-15(21)9-16(17)22/h3-10H,11H2,1-2H3,(H3,24,25,26,27,28,29,30). The molecule has 0 bridgehead atoms. The number of thiocarbonyl (C=S) groups is 1. The van der Waals surface area contributed by atoms with Gasteiger partial charge in [0.1, 0.15) is 0 Å². The third kappa shape index (κ3) is 6.62. The third-order valence-corrected chi connectivity index (χ3v) is 4.52. The Labute approximate surface area is 190 Å². The van der Waals surface area contributed by atoms with Gasteiger partial charge in [0.05, 0.1) is 17.3 Å². The maximum absolute atomic E-state index is 6.21. The van der Waals surface area contributed by atoms with Crippen LogP contribution in [-0.2, 0) is 6.54 Å². The minimum Gasteiger partial charge on any atom is -0.331 e. The van der Waals surface area contributed by atoms with Gasteiger partial charge < -0.3 is 10.6 Å². The summed E-state index contributed by atoms with van der Waals surface area (Å²) in [5, 5.41) is 10.4. The zero-order valence-electron chi connectivity index (χ0n) is 16.3. The van der Waals surface area contributed by atoms with E-state index in [1.54, 1.807) is 30.6 Å². The van der Waals surface area contributed by atoms with Gasteiger partial charge in [0.15, 0.2) is 5.11 Å². The van der Waals surface area contributed by atoms with Crippen LogP contribution in [0.5, 0.6) is 0 Å². The van der Waals surface area contributed by atoms with Gasteiger partial charge in [0.2, 0.25) is 11.9 Å². The van der Waals surface area contributed by atoms with Crippen molar-refractivity contribution in [2.75, 3.05) is 10.6 Å². The van der Waals surface area contributed by atoms with E-state index in [4.69, 9.17) is 35.4 Å². The first-order chi connectivity index (χ1) is 14.4. The van der Waals surface area contributed by atoms with E-state index < -0.39 is 0 Å². The van der Waals surface area contributed by atoms with Crippen molar-refractivity contribution in [2.24, 2.45) is 4.99 Å². The van der Waals surface area contributed by atoms with Crippen LogP contribution in [0.3, 0.4) is 0 Å². The van der Waals surface area contributed by atoms with Crippen molar-refractivity contribution in [3.05, 3.63) is 75.8 Å². The number of guanidine groups is 1. The molecule has 0 saturated carbocycles. The normalized spacial score (nSPS) is 11.1. The lowest BCUT2D eigenvalue weighted by molar-refractivity contribution is 1.02. The van der Waals surface area contributed by atoms with Crippen LogP contribution in [0.2, 0.25) is 10.0 Å². The van der Waals surface area contributed by atoms with Crippen LogP contribution in [0.1, 0.15) is 17.0 Å². The molecule has 0 atom stereocenters. The summed E-state index contributed by atoms with van der Waals surface area (Å²) < 4.78 is 0. The smallest absolute Gasteiger partial charge is 0.229 e. The van der Waals surface area contributed by atoms with Crippen LogP contribution < -0.4 is 16.0 Å². The van der Waals surface area contributed by atoms with Crippen LogP contribution >= 0.6 is 35.4 Å². The molecule has 3 rings (SSSR count). The Hall–Kier alpha value is -2.81. The predicted octanol–water partition coefficient (Wildman–Crippen LogP) is 4.75. The second-order valence-electron chi connectivity index (χ2n) is 6.33. The Morgan fingerprint density at radius 3 is 2.50 bits per heavy atom. The molecule has 30 heavy (non-hydrogen) atoms. The molecule has 0 amide bonds. The van der Waals surface area contributed by atoms with Crippen molar-refractivity contribution in [2.45, 2.75) is 20.4 Å². The molecule has 2 aromatic heterocycles. The number of halogens is 2. The fourth-order valence-electron chi connectivity index (χ4n) is 2.51. The van der Waals surface area contributed by atoms with Crippen LogP contribution in [-0.4, -0.2) is 26.0 Å². The largest absolute Gasteiger partial charge is 0.331 e. The molecule has 0 fully saturated rings. The zero-order chi connectivity index (χ0) is 21.5. The number of hydrogen-bond donors (Lipinski definition) is 3. The molecule has 0 aliphatic rings. The first kappa shape index (κ1) is 21.9. The number of nitrogens with one attached hydrogen (secondary N) is 3. The molecular formula is C20H19Cl2N7S. The van der Waals surface area contributed by atoms with Gasteiger partial charge in [-0.25, -0.2) is 15.0 Å². The molecule has 3 aromatic rings. The van der Waals surface area contributed by atoms with Gasteiger partial charge in [0, 0.05) is 28.8 Å². The Bertz CT molecular complexity index is 1050. The summed E-state index contributed by atoms with van der Waals surface area (Å²) in [6, 6.07) is 10.8. The van der Waals surface area contributed by atoms with Gasteiger partial charge in [-0.1, -0.05) is 29.3 Å². The minimum absolute atomic E-state index is 0.293. The van der Waals surface area contributed by atoms with Crippen molar-refractivity contribution in [3.8, 4) is 0 Å². The van der Waals surface area contributed by atoms with Gasteiger partial charge >= 0.3 is 0 Å². The lowest BCUT2D eigenvalue weighted by atomic mass is 10.3. The fraction of sp³-hybridized carbons (Fsp3) is 0.150. The van der Waals surface area contributed by atoms with E-state index in [0.717, 1.165) is 17.0 Å². The highest BCUT2D eigenvalue weighted by Crippen LogP contribution is 2.25. The van der Waals surface area contributed by atoms with Crippen molar-refractivity contribution < 1.29 is 0 Å². The van der Waals surface area contributed by atoms with Crippen LogP contribution in [0, 0.1) is 13.8 Å². The van der Waals surface area contributed by atoms with Gasteiger partial charge in [0.25, 0.3) is 0 Å². The van der Waals surface area contributed by atoms with E-state index in [1.165, 1.54) is 0 Å². The molecule has 154 valence electrons. The Morgan fingerprint density at radius 1 is 1.07 bits per heavy atom. The van der Waals surface area contributed by atoms with Gasteiger partial charge in [-0.15, -0.1) is 0 Å². The number of pyridine rings is 1. The summed E-state index contributed by atoms with van der Waals surface area (Å²) in [6.07, 6.45) is 3.46. The Kier molecular flexibility index (Phi) is 7.51. The third-order valence-electron chi connectivity index (χ3n) is 3.77. The van der Waals surface area contributed by atoms with Crippen molar-refractivity contribution >= 4 is 58.1 Å². The maximum atomic E-state index is 6.21. The quantitative estimate of drug-likeness (QED) is 0.294.